The topological polar surface area (TPSA) is 21.3 Å². The van der Waals surface area contributed by atoms with Crippen LogP contribution in [0.4, 0.5) is 0 Å². The SMILES string of the molecule is CC1CCOC(c2ccc(C(C)C)cc2)CN1. The minimum atomic E-state index is 0.209. The van der Waals surface area contributed by atoms with Crippen molar-refractivity contribution >= 4 is 0 Å². The van der Waals surface area contributed by atoms with Gasteiger partial charge in [0, 0.05) is 19.2 Å². The van der Waals surface area contributed by atoms with Gasteiger partial charge in [-0.05, 0) is 30.4 Å². The number of rotatable bonds is 2. The molecule has 0 amide bonds. The van der Waals surface area contributed by atoms with Gasteiger partial charge in [-0.3, -0.25) is 0 Å². The van der Waals surface area contributed by atoms with Crippen molar-refractivity contribution in [3.63, 3.8) is 0 Å². The summed E-state index contributed by atoms with van der Waals surface area (Å²) in [5.41, 5.74) is 2.68. The molecule has 2 rings (SSSR count). The molecule has 1 heterocycles. The van der Waals surface area contributed by atoms with Crippen LogP contribution in [-0.4, -0.2) is 19.2 Å². The highest BCUT2D eigenvalue weighted by Gasteiger charge is 2.17. The van der Waals surface area contributed by atoms with Gasteiger partial charge in [0.15, 0.2) is 0 Å². The smallest absolute Gasteiger partial charge is 0.0949 e. The Morgan fingerprint density at radius 1 is 1.24 bits per heavy atom. The van der Waals surface area contributed by atoms with Crippen molar-refractivity contribution in [2.24, 2.45) is 0 Å². The molecule has 1 N–H and O–H groups in total. The average molecular weight is 233 g/mol. The average Bonchev–Trinajstić information content (AvgIpc) is 2.54. The minimum absolute atomic E-state index is 0.209. The molecule has 2 atom stereocenters. The summed E-state index contributed by atoms with van der Waals surface area (Å²) in [7, 11) is 0. The Labute approximate surface area is 104 Å². The van der Waals surface area contributed by atoms with Crippen LogP contribution in [0.15, 0.2) is 24.3 Å². The number of ether oxygens (including phenoxy) is 1. The molecule has 1 aromatic carbocycles. The first kappa shape index (κ1) is 12.6. The highest BCUT2D eigenvalue weighted by Crippen LogP contribution is 2.22. The number of hydrogen-bond donors (Lipinski definition) is 1. The summed E-state index contributed by atoms with van der Waals surface area (Å²) in [6.45, 7) is 8.43. The van der Waals surface area contributed by atoms with Gasteiger partial charge in [-0.15, -0.1) is 0 Å². The molecule has 0 spiro atoms. The first-order valence-corrected chi connectivity index (χ1v) is 6.61. The maximum atomic E-state index is 5.90. The molecule has 2 heteroatoms. The third-order valence-corrected chi connectivity index (χ3v) is 3.50. The Morgan fingerprint density at radius 2 is 1.94 bits per heavy atom. The van der Waals surface area contributed by atoms with Gasteiger partial charge in [0.1, 0.15) is 0 Å². The summed E-state index contributed by atoms with van der Waals surface area (Å²) in [5, 5.41) is 3.51. The van der Waals surface area contributed by atoms with Crippen LogP contribution in [0, 0.1) is 0 Å². The molecule has 1 aliphatic heterocycles. The normalized spacial score (nSPS) is 25.9. The first-order valence-electron chi connectivity index (χ1n) is 6.61. The molecule has 0 saturated carbocycles. The van der Waals surface area contributed by atoms with E-state index in [4.69, 9.17) is 4.74 Å². The Balaban J connectivity index is 2.06. The second-order valence-corrected chi connectivity index (χ2v) is 5.28. The van der Waals surface area contributed by atoms with Gasteiger partial charge in [-0.25, -0.2) is 0 Å². The summed E-state index contributed by atoms with van der Waals surface area (Å²) in [6, 6.07) is 9.42. The predicted octanol–water partition coefficient (Wildman–Crippen LogP) is 3.25. The molecule has 1 aliphatic rings. The standard InChI is InChI=1S/C15H23NO/c1-11(2)13-4-6-14(7-5-13)15-10-16-12(3)8-9-17-15/h4-7,11-12,15-16H,8-10H2,1-3H3. The van der Waals surface area contributed by atoms with Gasteiger partial charge in [-0.1, -0.05) is 38.1 Å². The lowest BCUT2D eigenvalue weighted by Crippen LogP contribution is -2.27. The van der Waals surface area contributed by atoms with Crippen molar-refractivity contribution in [3.05, 3.63) is 35.4 Å². The lowest BCUT2D eigenvalue weighted by atomic mass is 10.00. The van der Waals surface area contributed by atoms with E-state index < -0.39 is 0 Å². The predicted molar refractivity (Wildman–Crippen MR) is 71.3 cm³/mol. The largest absolute Gasteiger partial charge is 0.372 e. The summed E-state index contributed by atoms with van der Waals surface area (Å²) in [5.74, 6) is 0.595. The molecule has 17 heavy (non-hydrogen) atoms. The van der Waals surface area contributed by atoms with E-state index in [-0.39, 0.29) is 6.10 Å². The van der Waals surface area contributed by atoms with Crippen molar-refractivity contribution in [3.8, 4) is 0 Å². The molecule has 2 nitrogen and oxygen atoms in total. The molecule has 0 bridgehead atoms. The molecular formula is C15H23NO. The highest BCUT2D eigenvalue weighted by molar-refractivity contribution is 5.26. The van der Waals surface area contributed by atoms with Gasteiger partial charge in [-0.2, -0.15) is 0 Å². The number of hydrogen-bond acceptors (Lipinski definition) is 2. The Kier molecular flexibility index (Phi) is 4.19. The Bertz CT molecular complexity index is 344. The molecule has 0 radical (unpaired) electrons. The van der Waals surface area contributed by atoms with Crippen LogP contribution < -0.4 is 5.32 Å². The van der Waals surface area contributed by atoms with Crippen molar-refractivity contribution < 1.29 is 4.74 Å². The van der Waals surface area contributed by atoms with E-state index >= 15 is 0 Å². The third-order valence-electron chi connectivity index (χ3n) is 3.50. The summed E-state index contributed by atoms with van der Waals surface area (Å²) in [6.07, 6.45) is 1.31. The summed E-state index contributed by atoms with van der Waals surface area (Å²) in [4.78, 5) is 0. The molecule has 1 fully saturated rings. The van der Waals surface area contributed by atoms with E-state index in [1.807, 2.05) is 0 Å². The van der Waals surface area contributed by atoms with Crippen LogP contribution in [0.25, 0.3) is 0 Å². The maximum Gasteiger partial charge on any atom is 0.0949 e. The zero-order chi connectivity index (χ0) is 12.3. The van der Waals surface area contributed by atoms with E-state index in [1.54, 1.807) is 0 Å². The fourth-order valence-corrected chi connectivity index (χ4v) is 2.17. The minimum Gasteiger partial charge on any atom is -0.372 e. The van der Waals surface area contributed by atoms with Crippen molar-refractivity contribution in [2.75, 3.05) is 13.2 Å². The molecule has 1 aromatic rings. The maximum absolute atomic E-state index is 5.90. The van der Waals surface area contributed by atoms with E-state index in [0.29, 0.717) is 12.0 Å². The number of benzene rings is 1. The van der Waals surface area contributed by atoms with Crippen LogP contribution in [0.5, 0.6) is 0 Å². The quantitative estimate of drug-likeness (QED) is 0.846. The van der Waals surface area contributed by atoms with Crippen LogP contribution in [0.1, 0.15) is 50.3 Å². The van der Waals surface area contributed by atoms with Gasteiger partial charge >= 0.3 is 0 Å². The molecule has 0 aliphatic carbocycles. The van der Waals surface area contributed by atoms with E-state index in [9.17, 15) is 0 Å². The number of nitrogens with one attached hydrogen (secondary N) is 1. The second-order valence-electron chi connectivity index (χ2n) is 5.28. The molecule has 0 aromatic heterocycles. The van der Waals surface area contributed by atoms with E-state index in [1.165, 1.54) is 11.1 Å². The van der Waals surface area contributed by atoms with Gasteiger partial charge < -0.3 is 10.1 Å². The monoisotopic (exact) mass is 233 g/mol. The van der Waals surface area contributed by atoms with Gasteiger partial charge in [0.05, 0.1) is 6.10 Å². The molecule has 1 saturated heterocycles. The van der Waals surface area contributed by atoms with Crippen molar-refractivity contribution in [1.29, 1.82) is 0 Å². The lowest BCUT2D eigenvalue weighted by Gasteiger charge is -2.16. The molecular weight excluding hydrogens is 210 g/mol. The van der Waals surface area contributed by atoms with E-state index in [2.05, 4.69) is 50.4 Å². The summed E-state index contributed by atoms with van der Waals surface area (Å²) >= 11 is 0. The van der Waals surface area contributed by atoms with Crippen LogP contribution in [-0.2, 0) is 4.74 Å². The Morgan fingerprint density at radius 3 is 2.59 bits per heavy atom. The lowest BCUT2D eigenvalue weighted by molar-refractivity contribution is 0.0664. The highest BCUT2D eigenvalue weighted by atomic mass is 16.5. The first-order chi connectivity index (χ1) is 8.16. The Hall–Kier alpha value is -0.860. The van der Waals surface area contributed by atoms with Crippen molar-refractivity contribution in [2.45, 2.75) is 45.3 Å². The zero-order valence-electron chi connectivity index (χ0n) is 11.1. The summed E-state index contributed by atoms with van der Waals surface area (Å²) < 4.78 is 5.90. The molecule has 94 valence electrons. The van der Waals surface area contributed by atoms with Gasteiger partial charge in [0.25, 0.3) is 0 Å². The van der Waals surface area contributed by atoms with Crippen molar-refractivity contribution in [1.82, 2.24) is 5.32 Å². The van der Waals surface area contributed by atoms with Crippen LogP contribution >= 0.6 is 0 Å². The fraction of sp³-hybridized carbons (Fsp3) is 0.600. The van der Waals surface area contributed by atoms with Crippen LogP contribution in [0.2, 0.25) is 0 Å². The van der Waals surface area contributed by atoms with E-state index in [0.717, 1.165) is 19.6 Å². The third kappa shape index (κ3) is 3.30. The zero-order valence-corrected chi connectivity index (χ0v) is 11.1. The molecule has 2 unspecified atom stereocenters. The van der Waals surface area contributed by atoms with Gasteiger partial charge in [0.2, 0.25) is 0 Å². The second kappa shape index (κ2) is 5.65. The van der Waals surface area contributed by atoms with Crippen LogP contribution in [0.3, 0.4) is 0 Å². The fourth-order valence-electron chi connectivity index (χ4n) is 2.17.